The van der Waals surface area contributed by atoms with Gasteiger partial charge in [-0.25, -0.2) is 0 Å². The summed E-state index contributed by atoms with van der Waals surface area (Å²) in [6, 6.07) is 8.39. The molecule has 1 aromatic carbocycles. The van der Waals surface area contributed by atoms with Gasteiger partial charge in [0.25, 0.3) is 0 Å². The molecule has 0 aliphatic carbocycles. The number of rotatable bonds is 3. The highest BCUT2D eigenvalue weighted by Gasteiger charge is 1.93. The third-order valence-electron chi connectivity index (χ3n) is 1.61. The number of hydrogen-bond donors (Lipinski definition) is 0. The Kier molecular flexibility index (Phi) is 4.08. The molecule has 1 rings (SSSR count). The summed E-state index contributed by atoms with van der Waals surface area (Å²) in [7, 11) is 0. The topological polar surface area (TPSA) is 0 Å². The first kappa shape index (κ1) is 9.52. The number of alkyl halides is 1. The molecule has 0 radical (unpaired) electrons. The molecule has 0 spiro atoms. The van der Waals surface area contributed by atoms with Gasteiger partial charge in [-0.15, -0.1) is 0 Å². The van der Waals surface area contributed by atoms with Crippen molar-refractivity contribution < 1.29 is 0 Å². The molecule has 0 aliphatic heterocycles. The van der Waals surface area contributed by atoms with Gasteiger partial charge in [-0.05, 0) is 11.1 Å². The molecule has 0 N–H and O–H groups in total. The molecular formula is C11H11I. The average Bonchev–Trinajstić information content (AvgIpc) is 2.15. The van der Waals surface area contributed by atoms with Gasteiger partial charge in [0, 0.05) is 4.43 Å². The van der Waals surface area contributed by atoms with Crippen LogP contribution in [0.5, 0.6) is 0 Å². The van der Waals surface area contributed by atoms with Gasteiger partial charge in [-0.2, -0.15) is 0 Å². The highest BCUT2D eigenvalue weighted by Crippen LogP contribution is 2.13. The number of halogens is 1. The summed E-state index contributed by atoms with van der Waals surface area (Å²) in [5.74, 6) is 0. The maximum atomic E-state index is 3.64. The van der Waals surface area contributed by atoms with E-state index in [4.69, 9.17) is 0 Å². The molecule has 0 aliphatic rings. The summed E-state index contributed by atoms with van der Waals surface area (Å²) < 4.78 is 1.05. The van der Waals surface area contributed by atoms with Crippen LogP contribution in [0.1, 0.15) is 11.1 Å². The molecular weight excluding hydrogens is 259 g/mol. The molecule has 0 fully saturated rings. The molecule has 1 heteroatoms. The van der Waals surface area contributed by atoms with Gasteiger partial charge in [0.05, 0.1) is 0 Å². The summed E-state index contributed by atoms with van der Waals surface area (Å²) in [5.41, 5.74) is 2.66. The fraction of sp³-hybridized carbons (Fsp3) is 0.0909. The predicted octanol–water partition coefficient (Wildman–Crippen LogP) is 3.82. The Labute approximate surface area is 87.1 Å². The predicted molar refractivity (Wildman–Crippen MR) is 63.4 cm³/mol. The summed E-state index contributed by atoms with van der Waals surface area (Å²) in [6.07, 6.45) is 5.84. The van der Waals surface area contributed by atoms with Gasteiger partial charge in [-0.1, -0.05) is 71.7 Å². The zero-order valence-electron chi connectivity index (χ0n) is 6.83. The highest BCUT2D eigenvalue weighted by molar-refractivity contribution is 14.1. The molecule has 0 nitrogen and oxygen atoms in total. The standard InChI is InChI=1S/C11H11I/c1-2-3-6-10-7-4-5-8-11(10)9-12/h2-8H,1,9H2/b6-3-. The van der Waals surface area contributed by atoms with Crippen LogP contribution in [0.2, 0.25) is 0 Å². The van der Waals surface area contributed by atoms with Crippen molar-refractivity contribution in [2.75, 3.05) is 0 Å². The number of hydrogen-bond acceptors (Lipinski definition) is 0. The van der Waals surface area contributed by atoms with E-state index in [-0.39, 0.29) is 0 Å². The van der Waals surface area contributed by atoms with E-state index < -0.39 is 0 Å². The Bertz CT molecular complexity index is 287. The lowest BCUT2D eigenvalue weighted by molar-refractivity contribution is 1.43. The average molecular weight is 270 g/mol. The third-order valence-corrected chi connectivity index (χ3v) is 2.43. The maximum absolute atomic E-state index is 3.64. The molecule has 0 saturated carbocycles. The molecule has 0 bridgehead atoms. The van der Waals surface area contributed by atoms with Crippen molar-refractivity contribution in [3.05, 3.63) is 54.1 Å². The molecule has 0 unspecified atom stereocenters. The normalized spacial score (nSPS) is 10.4. The first-order valence-electron chi connectivity index (χ1n) is 3.81. The fourth-order valence-corrected chi connectivity index (χ4v) is 1.68. The molecule has 0 amide bonds. The van der Waals surface area contributed by atoms with Crippen LogP contribution in [-0.4, -0.2) is 0 Å². The SMILES string of the molecule is C=C/C=C\c1ccccc1CI. The second-order valence-corrected chi connectivity index (χ2v) is 3.19. The molecule has 62 valence electrons. The summed E-state index contributed by atoms with van der Waals surface area (Å²) in [6.45, 7) is 3.64. The molecule has 1 aromatic rings. The molecule has 0 atom stereocenters. The number of benzene rings is 1. The molecule has 12 heavy (non-hydrogen) atoms. The third kappa shape index (κ3) is 2.48. The number of allylic oxidation sites excluding steroid dienone is 2. The van der Waals surface area contributed by atoms with Crippen LogP contribution in [0.25, 0.3) is 6.08 Å². The van der Waals surface area contributed by atoms with Crippen LogP contribution < -0.4 is 0 Å². The Morgan fingerprint density at radius 2 is 2.08 bits per heavy atom. The monoisotopic (exact) mass is 270 g/mol. The van der Waals surface area contributed by atoms with E-state index in [9.17, 15) is 0 Å². The highest BCUT2D eigenvalue weighted by atomic mass is 127. The van der Waals surface area contributed by atoms with Crippen LogP contribution in [0.4, 0.5) is 0 Å². The zero-order chi connectivity index (χ0) is 8.81. The fourth-order valence-electron chi connectivity index (χ4n) is 0.990. The van der Waals surface area contributed by atoms with Gasteiger partial charge in [-0.3, -0.25) is 0 Å². The minimum Gasteiger partial charge on any atom is -0.0991 e. The van der Waals surface area contributed by atoms with Gasteiger partial charge < -0.3 is 0 Å². The minimum atomic E-state index is 1.05. The van der Waals surface area contributed by atoms with E-state index in [1.54, 1.807) is 6.08 Å². The van der Waals surface area contributed by atoms with E-state index in [0.717, 1.165) is 4.43 Å². The van der Waals surface area contributed by atoms with E-state index in [1.807, 2.05) is 6.08 Å². The lowest BCUT2D eigenvalue weighted by Gasteiger charge is -1.99. The van der Waals surface area contributed by atoms with Crippen molar-refractivity contribution in [1.29, 1.82) is 0 Å². The molecule has 0 saturated heterocycles. The van der Waals surface area contributed by atoms with Crippen molar-refractivity contribution in [1.82, 2.24) is 0 Å². The van der Waals surface area contributed by atoms with E-state index >= 15 is 0 Å². The van der Waals surface area contributed by atoms with Gasteiger partial charge >= 0.3 is 0 Å². The van der Waals surface area contributed by atoms with Crippen LogP contribution >= 0.6 is 22.6 Å². The summed E-state index contributed by atoms with van der Waals surface area (Å²) in [4.78, 5) is 0. The smallest absolute Gasteiger partial charge is 0.0253 e. The maximum Gasteiger partial charge on any atom is 0.0253 e. The summed E-state index contributed by atoms with van der Waals surface area (Å²) >= 11 is 2.37. The lowest BCUT2D eigenvalue weighted by Crippen LogP contribution is -1.81. The van der Waals surface area contributed by atoms with Crippen molar-refractivity contribution in [3.63, 3.8) is 0 Å². The lowest BCUT2D eigenvalue weighted by atomic mass is 10.1. The zero-order valence-corrected chi connectivity index (χ0v) is 8.99. The van der Waals surface area contributed by atoms with Crippen LogP contribution in [-0.2, 0) is 4.43 Å². The first-order chi connectivity index (χ1) is 5.88. The van der Waals surface area contributed by atoms with Crippen molar-refractivity contribution in [2.45, 2.75) is 4.43 Å². The van der Waals surface area contributed by atoms with Gasteiger partial charge in [0.2, 0.25) is 0 Å². The molecule has 0 aromatic heterocycles. The molecule has 0 heterocycles. The quantitative estimate of drug-likeness (QED) is 0.445. The van der Waals surface area contributed by atoms with Gasteiger partial charge in [0.1, 0.15) is 0 Å². The first-order valence-corrected chi connectivity index (χ1v) is 5.34. The largest absolute Gasteiger partial charge is 0.0991 e. The van der Waals surface area contributed by atoms with Gasteiger partial charge in [0.15, 0.2) is 0 Å². The second kappa shape index (κ2) is 5.14. The second-order valence-electron chi connectivity index (χ2n) is 2.43. The van der Waals surface area contributed by atoms with Crippen LogP contribution in [0.15, 0.2) is 43.0 Å². The Hall–Kier alpha value is -0.570. The van der Waals surface area contributed by atoms with Crippen LogP contribution in [0.3, 0.4) is 0 Å². The van der Waals surface area contributed by atoms with E-state index in [0.29, 0.717) is 0 Å². The Morgan fingerprint density at radius 1 is 1.33 bits per heavy atom. The van der Waals surface area contributed by atoms with E-state index in [2.05, 4.69) is 59.5 Å². The summed E-state index contributed by atoms with van der Waals surface area (Å²) in [5, 5.41) is 0. The van der Waals surface area contributed by atoms with Crippen LogP contribution in [0, 0.1) is 0 Å². The van der Waals surface area contributed by atoms with Crippen molar-refractivity contribution in [2.24, 2.45) is 0 Å². The van der Waals surface area contributed by atoms with Crippen molar-refractivity contribution in [3.8, 4) is 0 Å². The Morgan fingerprint density at radius 3 is 2.75 bits per heavy atom. The van der Waals surface area contributed by atoms with E-state index in [1.165, 1.54) is 11.1 Å². The van der Waals surface area contributed by atoms with Crippen molar-refractivity contribution >= 4 is 28.7 Å². The Balaban J connectivity index is 2.96. The minimum absolute atomic E-state index is 1.05.